The number of carbonyl (C=O) groups is 2. The molecule has 2 aliphatic rings. The van der Waals surface area contributed by atoms with Crippen LogP contribution in [0.15, 0.2) is 0 Å². The van der Waals surface area contributed by atoms with E-state index in [-0.39, 0.29) is 6.10 Å². The van der Waals surface area contributed by atoms with Crippen LogP contribution < -0.4 is 0 Å². The van der Waals surface area contributed by atoms with Crippen LogP contribution in [0.1, 0.15) is 19.3 Å². The van der Waals surface area contributed by atoms with Gasteiger partial charge in [-0.05, 0) is 12.8 Å². The zero-order valence-corrected chi connectivity index (χ0v) is 7.43. The van der Waals surface area contributed by atoms with Gasteiger partial charge in [-0.2, -0.15) is 5.26 Å². The maximum Gasteiger partial charge on any atom is 0.327 e. The first-order valence-corrected chi connectivity index (χ1v) is 4.43. The van der Waals surface area contributed by atoms with Crippen molar-refractivity contribution in [3.8, 4) is 6.07 Å². The molecule has 3 atom stereocenters. The quantitative estimate of drug-likeness (QED) is 0.463. The highest BCUT2D eigenvalue weighted by atomic mass is 16.6. The van der Waals surface area contributed by atoms with E-state index in [0.29, 0.717) is 25.7 Å². The number of hydrogen-bond donors (Lipinski definition) is 0. The molecule has 0 aromatic heterocycles. The van der Waals surface area contributed by atoms with Crippen molar-refractivity contribution in [2.45, 2.75) is 31.5 Å². The molecule has 2 fully saturated rings. The predicted octanol–water partition coefficient (Wildman–Crippen LogP) is 0.147. The Hall–Kier alpha value is -1.57. The molecule has 5 heteroatoms. The normalized spacial score (nSPS) is 39.8. The molecule has 2 rings (SSSR count). The molecule has 1 saturated carbocycles. The van der Waals surface area contributed by atoms with E-state index in [0.717, 1.165) is 0 Å². The lowest BCUT2D eigenvalue weighted by Gasteiger charge is -2.26. The Morgan fingerprint density at radius 2 is 2.50 bits per heavy atom. The Labute approximate surface area is 80.6 Å². The van der Waals surface area contributed by atoms with Gasteiger partial charge in [0.2, 0.25) is 0 Å². The summed E-state index contributed by atoms with van der Waals surface area (Å²) in [5.74, 6) is -0.470. The van der Waals surface area contributed by atoms with Gasteiger partial charge in [0, 0.05) is 6.42 Å². The van der Waals surface area contributed by atoms with Gasteiger partial charge in [0.1, 0.15) is 12.2 Å². The lowest BCUT2D eigenvalue weighted by molar-refractivity contribution is -0.152. The van der Waals surface area contributed by atoms with Gasteiger partial charge in [-0.3, -0.25) is 9.59 Å². The van der Waals surface area contributed by atoms with Crippen LogP contribution in [0.5, 0.6) is 0 Å². The Morgan fingerprint density at radius 1 is 1.71 bits per heavy atom. The zero-order chi connectivity index (χ0) is 10.2. The minimum Gasteiger partial charge on any atom is -0.461 e. The van der Waals surface area contributed by atoms with Gasteiger partial charge >= 0.3 is 5.97 Å². The fourth-order valence-electron chi connectivity index (χ4n) is 2.08. The van der Waals surface area contributed by atoms with Crippen LogP contribution in [0.25, 0.3) is 0 Å². The molecule has 14 heavy (non-hydrogen) atoms. The van der Waals surface area contributed by atoms with Gasteiger partial charge in [0.25, 0.3) is 6.47 Å². The molecule has 2 bridgehead atoms. The number of nitrogens with zero attached hydrogens (tertiary/aromatic N) is 1. The third-order valence-corrected chi connectivity index (χ3v) is 2.91. The number of ether oxygens (including phenoxy) is 2. The van der Waals surface area contributed by atoms with E-state index in [9.17, 15) is 9.59 Å². The van der Waals surface area contributed by atoms with Crippen molar-refractivity contribution in [3.63, 3.8) is 0 Å². The number of nitriles is 1. The first-order valence-electron chi connectivity index (χ1n) is 4.43. The molecule has 0 N–H and O–H groups in total. The minimum atomic E-state index is -0.979. The molecule has 0 amide bonds. The van der Waals surface area contributed by atoms with Gasteiger partial charge in [-0.25, -0.2) is 0 Å². The summed E-state index contributed by atoms with van der Waals surface area (Å²) >= 11 is 0. The second-order valence-corrected chi connectivity index (χ2v) is 3.65. The monoisotopic (exact) mass is 195 g/mol. The van der Waals surface area contributed by atoms with Gasteiger partial charge in [-0.1, -0.05) is 0 Å². The maximum absolute atomic E-state index is 11.4. The summed E-state index contributed by atoms with van der Waals surface area (Å²) in [5, 5.41) is 8.89. The van der Waals surface area contributed by atoms with Crippen LogP contribution in [0.2, 0.25) is 0 Å². The summed E-state index contributed by atoms with van der Waals surface area (Å²) in [6, 6.07) is 2.00. The molecule has 1 saturated heterocycles. The van der Waals surface area contributed by atoms with Crippen LogP contribution in [0.3, 0.4) is 0 Å². The van der Waals surface area contributed by atoms with Crippen molar-refractivity contribution in [3.05, 3.63) is 0 Å². The van der Waals surface area contributed by atoms with E-state index in [1.165, 1.54) is 0 Å². The Balaban J connectivity index is 2.18. The van der Waals surface area contributed by atoms with E-state index in [1.54, 1.807) is 0 Å². The maximum atomic E-state index is 11.4. The number of esters is 1. The summed E-state index contributed by atoms with van der Waals surface area (Å²) < 4.78 is 9.78. The van der Waals surface area contributed by atoms with E-state index in [1.807, 2.05) is 6.07 Å². The fraction of sp³-hybridized carbons (Fsp3) is 0.667. The SMILES string of the molecule is N#CC12CCC(OC=O)C(C1)OC2=O. The Kier molecular flexibility index (Phi) is 1.92. The highest BCUT2D eigenvalue weighted by Crippen LogP contribution is 2.45. The second-order valence-electron chi connectivity index (χ2n) is 3.65. The smallest absolute Gasteiger partial charge is 0.327 e. The fourth-order valence-corrected chi connectivity index (χ4v) is 2.08. The average Bonchev–Trinajstić information content (AvgIpc) is 2.46. The molecular weight excluding hydrogens is 186 g/mol. The van der Waals surface area contributed by atoms with Crippen molar-refractivity contribution >= 4 is 12.4 Å². The van der Waals surface area contributed by atoms with E-state index in [2.05, 4.69) is 0 Å². The van der Waals surface area contributed by atoms with Crippen molar-refractivity contribution in [1.82, 2.24) is 0 Å². The van der Waals surface area contributed by atoms with Crippen molar-refractivity contribution < 1.29 is 19.1 Å². The summed E-state index contributed by atoms with van der Waals surface area (Å²) in [5.41, 5.74) is -0.979. The molecule has 74 valence electrons. The van der Waals surface area contributed by atoms with Crippen LogP contribution in [0, 0.1) is 16.7 Å². The first-order chi connectivity index (χ1) is 6.72. The molecule has 0 radical (unpaired) electrons. The average molecular weight is 195 g/mol. The lowest BCUT2D eigenvalue weighted by atomic mass is 9.75. The second kappa shape index (κ2) is 2.98. The van der Waals surface area contributed by atoms with Crippen LogP contribution in [-0.2, 0) is 19.1 Å². The topological polar surface area (TPSA) is 76.4 Å². The van der Waals surface area contributed by atoms with Crippen molar-refractivity contribution in [2.24, 2.45) is 5.41 Å². The molecule has 5 nitrogen and oxygen atoms in total. The predicted molar refractivity (Wildman–Crippen MR) is 42.7 cm³/mol. The third-order valence-electron chi connectivity index (χ3n) is 2.91. The van der Waals surface area contributed by atoms with Crippen molar-refractivity contribution in [2.75, 3.05) is 0 Å². The van der Waals surface area contributed by atoms with Crippen molar-refractivity contribution in [1.29, 1.82) is 5.26 Å². The number of hydrogen-bond acceptors (Lipinski definition) is 5. The molecular formula is C9H9NO4. The van der Waals surface area contributed by atoms with E-state index < -0.39 is 17.5 Å². The largest absolute Gasteiger partial charge is 0.461 e. The summed E-state index contributed by atoms with van der Waals surface area (Å²) in [4.78, 5) is 21.5. The Morgan fingerprint density at radius 3 is 3.14 bits per heavy atom. The van der Waals surface area contributed by atoms with Crippen LogP contribution in [-0.4, -0.2) is 24.6 Å². The number of fused-ring (bicyclic) bond motifs is 2. The molecule has 1 aliphatic heterocycles. The first kappa shape index (κ1) is 9.00. The summed E-state index contributed by atoms with van der Waals surface area (Å²) in [6.45, 7) is 0.357. The van der Waals surface area contributed by atoms with Crippen LogP contribution >= 0.6 is 0 Å². The summed E-state index contributed by atoms with van der Waals surface area (Å²) in [6.07, 6.45) is 0.475. The molecule has 1 heterocycles. The standard InChI is InChI=1S/C9H9NO4/c10-4-9-2-1-6(13-5-11)7(3-9)14-8(9)12/h5-7H,1-3H2. The Bertz CT molecular complexity index is 321. The number of rotatable bonds is 2. The molecule has 3 unspecified atom stereocenters. The molecule has 1 aliphatic carbocycles. The number of carbonyl (C=O) groups excluding carboxylic acids is 2. The van der Waals surface area contributed by atoms with Gasteiger partial charge in [0.05, 0.1) is 6.07 Å². The van der Waals surface area contributed by atoms with Gasteiger partial charge in [0.15, 0.2) is 5.41 Å². The molecule has 0 aromatic carbocycles. The van der Waals surface area contributed by atoms with E-state index in [4.69, 9.17) is 14.7 Å². The molecule has 0 aromatic rings. The van der Waals surface area contributed by atoms with Gasteiger partial charge < -0.3 is 9.47 Å². The highest BCUT2D eigenvalue weighted by Gasteiger charge is 2.56. The highest BCUT2D eigenvalue weighted by molar-refractivity contribution is 5.82. The zero-order valence-electron chi connectivity index (χ0n) is 7.43. The minimum absolute atomic E-state index is 0.348. The van der Waals surface area contributed by atoms with E-state index >= 15 is 0 Å². The summed E-state index contributed by atoms with van der Waals surface area (Å²) in [7, 11) is 0. The lowest BCUT2D eigenvalue weighted by Crippen LogP contribution is -2.35. The third kappa shape index (κ3) is 1.07. The van der Waals surface area contributed by atoms with Crippen LogP contribution in [0.4, 0.5) is 0 Å². The van der Waals surface area contributed by atoms with Gasteiger partial charge in [-0.15, -0.1) is 0 Å². The molecule has 0 spiro atoms.